The molecule has 0 saturated carbocycles. The van der Waals surface area contributed by atoms with Gasteiger partial charge in [0.1, 0.15) is 0 Å². The topological polar surface area (TPSA) is 29.5 Å². The van der Waals surface area contributed by atoms with Gasteiger partial charge in [0.25, 0.3) is 0 Å². The lowest BCUT2D eigenvalue weighted by atomic mass is 10.3. The maximum absolute atomic E-state index is 11.7. The first kappa shape index (κ1) is 9.06. The van der Waals surface area contributed by atoms with Crippen molar-refractivity contribution in [3.8, 4) is 11.5 Å². The van der Waals surface area contributed by atoms with Crippen molar-refractivity contribution in [1.29, 1.82) is 0 Å². The standard InChI is InChI=1S/C7H5ClF2O2/c8-4-2-1-3-5(11)6(4)12-7(9)10/h1-3,7,11H. The lowest BCUT2D eigenvalue weighted by Crippen LogP contribution is -2.02. The van der Waals surface area contributed by atoms with Crippen molar-refractivity contribution >= 4 is 11.6 Å². The number of hydrogen-bond donors (Lipinski definition) is 1. The van der Waals surface area contributed by atoms with Gasteiger partial charge >= 0.3 is 6.61 Å². The van der Waals surface area contributed by atoms with Gasteiger partial charge in [0.2, 0.25) is 0 Å². The summed E-state index contributed by atoms with van der Waals surface area (Å²) in [5, 5.41) is 8.95. The number of hydrogen-bond acceptors (Lipinski definition) is 2. The molecule has 0 aromatic heterocycles. The van der Waals surface area contributed by atoms with Crippen LogP contribution >= 0.6 is 11.6 Å². The largest absolute Gasteiger partial charge is 0.504 e. The highest BCUT2D eigenvalue weighted by Gasteiger charge is 2.12. The van der Waals surface area contributed by atoms with Crippen LogP contribution in [0, 0.1) is 0 Å². The second kappa shape index (κ2) is 3.58. The molecule has 2 nitrogen and oxygen atoms in total. The van der Waals surface area contributed by atoms with E-state index in [1.807, 2.05) is 0 Å². The molecular weight excluding hydrogens is 190 g/mol. The van der Waals surface area contributed by atoms with Gasteiger partial charge in [-0.2, -0.15) is 8.78 Å². The molecule has 0 aliphatic heterocycles. The molecule has 0 fully saturated rings. The third kappa shape index (κ3) is 1.98. The summed E-state index contributed by atoms with van der Waals surface area (Å²) >= 11 is 5.46. The van der Waals surface area contributed by atoms with Crippen molar-refractivity contribution in [1.82, 2.24) is 0 Å². The van der Waals surface area contributed by atoms with Crippen LogP contribution in [0.2, 0.25) is 5.02 Å². The summed E-state index contributed by atoms with van der Waals surface area (Å²) in [4.78, 5) is 0. The zero-order chi connectivity index (χ0) is 9.14. The molecule has 0 amide bonds. The van der Waals surface area contributed by atoms with Crippen molar-refractivity contribution in [3.05, 3.63) is 23.2 Å². The molecule has 66 valence electrons. The lowest BCUT2D eigenvalue weighted by Gasteiger charge is -2.07. The Morgan fingerprint density at radius 3 is 2.58 bits per heavy atom. The molecule has 0 bridgehead atoms. The van der Waals surface area contributed by atoms with Crippen LogP contribution in [0.25, 0.3) is 0 Å². The predicted molar refractivity (Wildman–Crippen MR) is 39.7 cm³/mol. The van der Waals surface area contributed by atoms with Crippen LogP contribution < -0.4 is 4.74 Å². The van der Waals surface area contributed by atoms with E-state index in [4.69, 9.17) is 16.7 Å². The molecule has 5 heteroatoms. The molecule has 1 rings (SSSR count). The summed E-state index contributed by atoms with van der Waals surface area (Å²) in [7, 11) is 0. The van der Waals surface area contributed by atoms with Crippen LogP contribution in [0.15, 0.2) is 18.2 Å². The summed E-state index contributed by atoms with van der Waals surface area (Å²) in [6, 6.07) is 3.98. The number of phenols is 1. The van der Waals surface area contributed by atoms with Crippen molar-refractivity contribution in [3.63, 3.8) is 0 Å². The fourth-order valence-corrected chi connectivity index (χ4v) is 0.917. The van der Waals surface area contributed by atoms with Gasteiger partial charge in [-0.25, -0.2) is 0 Å². The third-order valence-corrected chi connectivity index (χ3v) is 1.45. The first-order chi connectivity index (χ1) is 5.61. The normalized spacial score (nSPS) is 10.3. The van der Waals surface area contributed by atoms with Crippen LogP contribution in [0.1, 0.15) is 0 Å². The molecule has 0 heterocycles. The van der Waals surface area contributed by atoms with Crippen molar-refractivity contribution in [2.45, 2.75) is 6.61 Å². The zero-order valence-electron chi connectivity index (χ0n) is 5.80. The summed E-state index contributed by atoms with van der Waals surface area (Å²) in [5.74, 6) is -0.794. The highest BCUT2D eigenvalue weighted by atomic mass is 35.5. The monoisotopic (exact) mass is 194 g/mol. The second-order valence-corrected chi connectivity index (χ2v) is 2.37. The Morgan fingerprint density at radius 2 is 2.08 bits per heavy atom. The number of benzene rings is 1. The van der Waals surface area contributed by atoms with Crippen LogP contribution in [-0.4, -0.2) is 11.7 Å². The van der Waals surface area contributed by atoms with Gasteiger partial charge in [-0.05, 0) is 12.1 Å². The number of phenolic OH excluding ortho intramolecular Hbond substituents is 1. The minimum atomic E-state index is -2.99. The van der Waals surface area contributed by atoms with E-state index in [0.29, 0.717) is 0 Å². The summed E-state index contributed by atoms with van der Waals surface area (Å²) in [5.41, 5.74) is 0. The van der Waals surface area contributed by atoms with E-state index in [1.165, 1.54) is 18.2 Å². The van der Waals surface area contributed by atoms with E-state index in [0.717, 1.165) is 0 Å². The Labute approximate surface area is 72.3 Å². The summed E-state index contributed by atoms with van der Waals surface area (Å²) in [6.07, 6.45) is 0. The molecule has 0 unspecified atom stereocenters. The zero-order valence-corrected chi connectivity index (χ0v) is 6.55. The molecule has 0 aliphatic rings. The molecule has 0 radical (unpaired) electrons. The van der Waals surface area contributed by atoms with Gasteiger partial charge in [0.15, 0.2) is 11.5 Å². The number of aromatic hydroxyl groups is 1. The highest BCUT2D eigenvalue weighted by molar-refractivity contribution is 6.32. The maximum Gasteiger partial charge on any atom is 0.387 e. The molecule has 0 aliphatic carbocycles. The molecule has 1 aromatic rings. The first-order valence-corrected chi connectivity index (χ1v) is 3.41. The lowest BCUT2D eigenvalue weighted by molar-refractivity contribution is -0.0511. The molecule has 1 aromatic carbocycles. The van der Waals surface area contributed by atoms with Crippen LogP contribution in [-0.2, 0) is 0 Å². The Bertz CT molecular complexity index is 258. The molecule has 1 N–H and O–H groups in total. The Hall–Kier alpha value is -1.03. The van der Waals surface area contributed by atoms with Crippen LogP contribution in [0.3, 0.4) is 0 Å². The predicted octanol–water partition coefficient (Wildman–Crippen LogP) is 2.65. The number of halogens is 3. The second-order valence-electron chi connectivity index (χ2n) is 1.97. The quantitative estimate of drug-likeness (QED) is 0.784. The van der Waals surface area contributed by atoms with E-state index >= 15 is 0 Å². The van der Waals surface area contributed by atoms with Crippen LogP contribution in [0.5, 0.6) is 11.5 Å². The van der Waals surface area contributed by atoms with E-state index in [9.17, 15) is 8.78 Å². The molecule has 0 atom stereocenters. The smallest absolute Gasteiger partial charge is 0.387 e. The van der Waals surface area contributed by atoms with Gasteiger partial charge in [-0.1, -0.05) is 17.7 Å². The van der Waals surface area contributed by atoms with E-state index in [-0.39, 0.29) is 5.02 Å². The van der Waals surface area contributed by atoms with E-state index < -0.39 is 18.1 Å². The van der Waals surface area contributed by atoms with Crippen LogP contribution in [0.4, 0.5) is 8.78 Å². The van der Waals surface area contributed by atoms with Gasteiger partial charge in [0.05, 0.1) is 5.02 Å². The van der Waals surface area contributed by atoms with Crippen molar-refractivity contribution < 1.29 is 18.6 Å². The number of alkyl halides is 2. The fourth-order valence-electron chi connectivity index (χ4n) is 0.703. The third-order valence-electron chi connectivity index (χ3n) is 1.15. The van der Waals surface area contributed by atoms with Crippen molar-refractivity contribution in [2.24, 2.45) is 0 Å². The first-order valence-electron chi connectivity index (χ1n) is 3.03. The van der Waals surface area contributed by atoms with Gasteiger partial charge < -0.3 is 9.84 Å². The van der Waals surface area contributed by atoms with Gasteiger partial charge in [0, 0.05) is 0 Å². The Morgan fingerprint density at radius 1 is 1.42 bits per heavy atom. The summed E-state index contributed by atoms with van der Waals surface area (Å²) in [6.45, 7) is -2.99. The number of ether oxygens (including phenoxy) is 1. The Balaban J connectivity index is 2.96. The minimum absolute atomic E-state index is 0.0460. The highest BCUT2D eigenvalue weighted by Crippen LogP contribution is 2.34. The minimum Gasteiger partial charge on any atom is -0.504 e. The number of rotatable bonds is 2. The average Bonchev–Trinajstić information content (AvgIpc) is 1.97. The Kier molecular flexibility index (Phi) is 2.70. The molecule has 0 spiro atoms. The van der Waals surface area contributed by atoms with E-state index in [2.05, 4.69) is 4.74 Å². The molecule has 12 heavy (non-hydrogen) atoms. The SMILES string of the molecule is Oc1cccc(Cl)c1OC(F)F. The fraction of sp³-hybridized carbons (Fsp3) is 0.143. The summed E-state index contributed by atoms with van der Waals surface area (Å²) < 4.78 is 27.3. The van der Waals surface area contributed by atoms with Crippen molar-refractivity contribution in [2.75, 3.05) is 0 Å². The van der Waals surface area contributed by atoms with E-state index in [1.54, 1.807) is 0 Å². The average molecular weight is 195 g/mol. The van der Waals surface area contributed by atoms with Gasteiger partial charge in [-0.3, -0.25) is 0 Å². The molecular formula is C7H5ClF2O2. The maximum atomic E-state index is 11.7. The molecule has 0 saturated heterocycles. The van der Waals surface area contributed by atoms with Gasteiger partial charge in [-0.15, -0.1) is 0 Å². The number of para-hydroxylation sites is 1.